The Hall–Kier alpha value is -3.40. The second-order valence-corrected chi connectivity index (χ2v) is 10.7. The molecule has 9 nitrogen and oxygen atoms in total. The molecule has 1 amide bonds. The highest BCUT2D eigenvalue weighted by Crippen LogP contribution is 2.37. The van der Waals surface area contributed by atoms with Crippen LogP contribution in [0.5, 0.6) is 5.88 Å². The van der Waals surface area contributed by atoms with E-state index in [2.05, 4.69) is 35.5 Å². The zero-order chi connectivity index (χ0) is 26.5. The van der Waals surface area contributed by atoms with Crippen molar-refractivity contribution in [3.8, 4) is 11.7 Å². The Balaban J connectivity index is 0.00000176. The van der Waals surface area contributed by atoms with Crippen LogP contribution in [0.4, 0.5) is 5.82 Å². The first-order chi connectivity index (χ1) is 17.1. The third-order valence-electron chi connectivity index (χ3n) is 5.81. The molecule has 1 fully saturated rings. The number of nitrogens with zero attached hydrogens (tertiary/aromatic N) is 4. The minimum absolute atomic E-state index is 0.0181. The van der Waals surface area contributed by atoms with Gasteiger partial charge in [-0.2, -0.15) is 0 Å². The fourth-order valence-electron chi connectivity index (χ4n) is 4.40. The van der Waals surface area contributed by atoms with Gasteiger partial charge in [0.05, 0.1) is 17.1 Å². The normalized spacial score (nSPS) is 16.7. The summed E-state index contributed by atoms with van der Waals surface area (Å²) in [5.41, 5.74) is -0.0819. The summed E-state index contributed by atoms with van der Waals surface area (Å²) in [6.45, 7) is 13.4. The molecule has 194 valence electrons. The minimum Gasteiger partial charge on any atom is -0.477 e. The van der Waals surface area contributed by atoms with E-state index in [9.17, 15) is 13.2 Å². The molecular formula is C26H35N5O4S. The van der Waals surface area contributed by atoms with Crippen molar-refractivity contribution in [1.29, 1.82) is 0 Å². The van der Waals surface area contributed by atoms with Crippen molar-refractivity contribution < 1.29 is 17.9 Å². The van der Waals surface area contributed by atoms with E-state index >= 15 is 0 Å². The third-order valence-corrected chi connectivity index (χ3v) is 7.15. The average molecular weight is 514 g/mol. The van der Waals surface area contributed by atoms with E-state index in [1.165, 1.54) is 12.1 Å². The lowest BCUT2D eigenvalue weighted by molar-refractivity contribution is 0.0981. The molecule has 36 heavy (non-hydrogen) atoms. The van der Waals surface area contributed by atoms with Gasteiger partial charge in [0, 0.05) is 24.3 Å². The molecule has 1 aliphatic heterocycles. The van der Waals surface area contributed by atoms with Gasteiger partial charge in [0.25, 0.3) is 15.9 Å². The second-order valence-electron chi connectivity index (χ2n) is 9.05. The van der Waals surface area contributed by atoms with Gasteiger partial charge < -0.3 is 9.64 Å². The van der Waals surface area contributed by atoms with Crippen LogP contribution in [-0.4, -0.2) is 47.8 Å². The van der Waals surface area contributed by atoms with Crippen LogP contribution in [0.1, 0.15) is 58.3 Å². The van der Waals surface area contributed by atoms with Gasteiger partial charge in [0.2, 0.25) is 5.88 Å². The molecule has 1 N–H and O–H groups in total. The number of nitrogens with one attached hydrogen (secondary N) is 1. The van der Waals surface area contributed by atoms with Crippen molar-refractivity contribution in [2.24, 2.45) is 5.92 Å². The fourth-order valence-corrected chi connectivity index (χ4v) is 5.39. The van der Waals surface area contributed by atoms with Gasteiger partial charge in [-0.05, 0) is 57.4 Å². The number of anilines is 1. The summed E-state index contributed by atoms with van der Waals surface area (Å²) in [7, 11) is -4.03. The summed E-state index contributed by atoms with van der Waals surface area (Å²) < 4.78 is 34.8. The maximum absolute atomic E-state index is 13.2. The number of aromatic nitrogens is 3. The summed E-state index contributed by atoms with van der Waals surface area (Å²) in [5, 5.41) is 4.38. The van der Waals surface area contributed by atoms with Crippen LogP contribution in [0, 0.1) is 5.92 Å². The number of amides is 1. The Morgan fingerprint density at radius 3 is 2.44 bits per heavy atom. The highest BCUT2D eigenvalue weighted by atomic mass is 32.2. The van der Waals surface area contributed by atoms with E-state index in [1.54, 1.807) is 47.3 Å². The van der Waals surface area contributed by atoms with E-state index in [1.807, 2.05) is 20.8 Å². The number of carbonyl (C=O) groups is 1. The summed E-state index contributed by atoms with van der Waals surface area (Å²) >= 11 is 0. The Morgan fingerprint density at radius 1 is 1.14 bits per heavy atom. The Bertz CT molecular complexity index is 1290. The maximum Gasteiger partial charge on any atom is 0.268 e. The van der Waals surface area contributed by atoms with Crippen molar-refractivity contribution >= 4 is 21.7 Å². The SMILES string of the molecule is CC.CCOc1ccn(-c2ccc(C(=O)NS(=O)(=O)c3ccccc3)c(N3CC(C)CC3(C)C)n2)n1. The lowest BCUT2D eigenvalue weighted by atomic mass is 9.97. The molecule has 1 atom stereocenters. The zero-order valence-electron chi connectivity index (χ0n) is 21.7. The van der Waals surface area contributed by atoms with E-state index in [0.717, 1.165) is 6.42 Å². The number of hydrogen-bond donors (Lipinski definition) is 1. The first-order valence-corrected chi connectivity index (χ1v) is 13.7. The van der Waals surface area contributed by atoms with Gasteiger partial charge in [-0.1, -0.05) is 39.0 Å². The van der Waals surface area contributed by atoms with Crippen LogP contribution in [-0.2, 0) is 10.0 Å². The molecule has 3 aromatic rings. The minimum atomic E-state index is -4.03. The van der Waals surface area contributed by atoms with Gasteiger partial charge in [-0.25, -0.2) is 22.8 Å². The topological polar surface area (TPSA) is 106 Å². The molecule has 3 heterocycles. The first kappa shape index (κ1) is 27.2. The molecule has 1 saturated heterocycles. The molecule has 1 unspecified atom stereocenters. The first-order valence-electron chi connectivity index (χ1n) is 12.2. The van der Waals surface area contributed by atoms with Crippen molar-refractivity contribution in [1.82, 2.24) is 19.5 Å². The monoisotopic (exact) mass is 513 g/mol. The molecule has 4 rings (SSSR count). The number of pyridine rings is 1. The standard InChI is InChI=1S/C24H29N5O4S.C2H6/c1-5-33-21-13-14-29(26-21)20-12-11-19(22(25-20)28-16-17(2)15-24(28,3)4)23(30)27-34(31,32)18-9-7-6-8-10-18;1-2/h6-14,17H,5,15-16H2,1-4H3,(H,27,30);1-2H3. The molecule has 0 radical (unpaired) electrons. The number of benzene rings is 1. The Morgan fingerprint density at radius 2 is 1.83 bits per heavy atom. The molecule has 0 bridgehead atoms. The van der Waals surface area contributed by atoms with E-state index in [4.69, 9.17) is 9.72 Å². The third kappa shape index (κ3) is 5.87. The van der Waals surface area contributed by atoms with Gasteiger partial charge in [0.15, 0.2) is 5.82 Å². The Labute approximate surface area is 213 Å². The summed E-state index contributed by atoms with van der Waals surface area (Å²) in [5.74, 6) is 1.04. The number of hydrogen-bond acceptors (Lipinski definition) is 7. The van der Waals surface area contributed by atoms with Crippen molar-refractivity contribution in [3.63, 3.8) is 0 Å². The predicted molar refractivity (Wildman–Crippen MR) is 140 cm³/mol. The quantitative estimate of drug-likeness (QED) is 0.498. The van der Waals surface area contributed by atoms with Crippen LogP contribution >= 0.6 is 0 Å². The summed E-state index contributed by atoms with van der Waals surface area (Å²) in [6, 6.07) is 12.8. The highest BCUT2D eigenvalue weighted by Gasteiger charge is 2.39. The van der Waals surface area contributed by atoms with Crippen molar-refractivity contribution in [3.05, 3.63) is 60.3 Å². The van der Waals surface area contributed by atoms with Gasteiger partial charge in [0.1, 0.15) is 5.82 Å². The number of sulfonamides is 1. The summed E-state index contributed by atoms with van der Waals surface area (Å²) in [6.07, 6.45) is 2.65. The fraction of sp³-hybridized carbons (Fsp3) is 0.423. The van der Waals surface area contributed by atoms with Crippen LogP contribution in [0.3, 0.4) is 0 Å². The largest absolute Gasteiger partial charge is 0.477 e. The second kappa shape index (κ2) is 11.1. The number of rotatable bonds is 7. The lowest BCUT2D eigenvalue weighted by Gasteiger charge is -2.34. The maximum atomic E-state index is 13.2. The molecule has 10 heteroatoms. The molecule has 2 aromatic heterocycles. The van der Waals surface area contributed by atoms with Crippen LogP contribution < -0.4 is 14.4 Å². The van der Waals surface area contributed by atoms with Gasteiger partial charge >= 0.3 is 0 Å². The lowest BCUT2D eigenvalue weighted by Crippen LogP contribution is -2.41. The predicted octanol–water partition coefficient (Wildman–Crippen LogP) is 4.44. The zero-order valence-corrected chi connectivity index (χ0v) is 22.5. The van der Waals surface area contributed by atoms with Crippen molar-refractivity contribution in [2.75, 3.05) is 18.1 Å². The average Bonchev–Trinajstić information content (AvgIpc) is 3.43. The molecule has 1 aromatic carbocycles. The van der Waals surface area contributed by atoms with E-state index < -0.39 is 15.9 Å². The molecular weight excluding hydrogens is 478 g/mol. The molecule has 0 aliphatic carbocycles. The molecule has 1 aliphatic rings. The summed E-state index contributed by atoms with van der Waals surface area (Å²) in [4.78, 5) is 20.1. The van der Waals surface area contributed by atoms with E-state index in [-0.39, 0.29) is 16.0 Å². The molecule has 0 saturated carbocycles. The number of ether oxygens (including phenoxy) is 1. The Kier molecular flexibility index (Phi) is 8.39. The highest BCUT2D eigenvalue weighted by molar-refractivity contribution is 7.90. The smallest absolute Gasteiger partial charge is 0.268 e. The van der Waals surface area contributed by atoms with E-state index in [0.29, 0.717) is 36.6 Å². The van der Waals surface area contributed by atoms with Gasteiger partial charge in [-0.15, -0.1) is 5.10 Å². The van der Waals surface area contributed by atoms with Gasteiger partial charge in [-0.3, -0.25) is 4.79 Å². The van der Waals surface area contributed by atoms with Crippen LogP contribution in [0.15, 0.2) is 59.6 Å². The van der Waals surface area contributed by atoms with Crippen LogP contribution in [0.2, 0.25) is 0 Å². The molecule has 0 spiro atoms. The van der Waals surface area contributed by atoms with Crippen molar-refractivity contribution in [2.45, 2.75) is 58.4 Å². The number of carbonyl (C=O) groups excluding carboxylic acids is 1. The van der Waals surface area contributed by atoms with Crippen LogP contribution in [0.25, 0.3) is 5.82 Å².